The standard InChI is InChI=1S/C17H19NO3S/c1-14-7-9-16(10-8-14)22(19,20)18-11-12-21-17(18)13-15-5-3-2-4-6-15/h2-10,17H,11-13H2,1H3/t17-/m1/s1. The summed E-state index contributed by atoms with van der Waals surface area (Å²) in [5.74, 6) is 0. The van der Waals surface area contributed by atoms with Gasteiger partial charge >= 0.3 is 0 Å². The maximum absolute atomic E-state index is 12.8. The molecular formula is C17H19NO3S. The Balaban J connectivity index is 1.84. The van der Waals surface area contributed by atoms with Crippen LogP contribution in [0, 0.1) is 6.92 Å². The van der Waals surface area contributed by atoms with Crippen molar-refractivity contribution in [3.05, 3.63) is 65.7 Å². The summed E-state index contributed by atoms with van der Waals surface area (Å²) in [7, 11) is -3.52. The lowest BCUT2D eigenvalue weighted by Crippen LogP contribution is -2.37. The quantitative estimate of drug-likeness (QED) is 0.871. The molecule has 1 heterocycles. The lowest BCUT2D eigenvalue weighted by Gasteiger charge is -2.22. The largest absolute Gasteiger partial charge is 0.360 e. The first-order chi connectivity index (χ1) is 10.6. The summed E-state index contributed by atoms with van der Waals surface area (Å²) in [6.07, 6.45) is 0.125. The van der Waals surface area contributed by atoms with Crippen LogP contribution in [0.2, 0.25) is 0 Å². The van der Waals surface area contributed by atoms with Crippen LogP contribution in [0.15, 0.2) is 59.5 Å². The molecule has 2 aromatic rings. The fourth-order valence-electron chi connectivity index (χ4n) is 2.60. The van der Waals surface area contributed by atoms with Gasteiger partial charge in [-0.05, 0) is 24.6 Å². The fraction of sp³-hybridized carbons (Fsp3) is 0.294. The zero-order valence-electron chi connectivity index (χ0n) is 12.5. The van der Waals surface area contributed by atoms with Gasteiger partial charge in [-0.1, -0.05) is 48.0 Å². The number of hydrogen-bond donors (Lipinski definition) is 0. The van der Waals surface area contributed by atoms with Gasteiger partial charge in [0.2, 0.25) is 10.0 Å². The van der Waals surface area contributed by atoms with Crippen molar-refractivity contribution >= 4 is 10.0 Å². The molecule has 0 saturated carbocycles. The molecule has 1 aliphatic rings. The minimum atomic E-state index is -3.52. The molecule has 0 amide bonds. The van der Waals surface area contributed by atoms with Gasteiger partial charge < -0.3 is 4.74 Å². The SMILES string of the molecule is Cc1ccc(S(=O)(=O)N2CCO[C@@H]2Cc2ccccc2)cc1. The Morgan fingerprint density at radius 2 is 1.77 bits per heavy atom. The molecule has 0 aliphatic carbocycles. The van der Waals surface area contributed by atoms with Crippen molar-refractivity contribution in [3.8, 4) is 0 Å². The lowest BCUT2D eigenvalue weighted by atomic mass is 10.1. The van der Waals surface area contributed by atoms with Gasteiger partial charge in [-0.25, -0.2) is 8.42 Å². The zero-order valence-corrected chi connectivity index (χ0v) is 13.3. The molecule has 1 saturated heterocycles. The molecule has 4 nitrogen and oxygen atoms in total. The molecule has 22 heavy (non-hydrogen) atoms. The molecule has 0 radical (unpaired) electrons. The topological polar surface area (TPSA) is 46.6 Å². The van der Waals surface area contributed by atoms with E-state index in [4.69, 9.17) is 4.74 Å². The Hall–Kier alpha value is -1.69. The van der Waals surface area contributed by atoms with Crippen LogP contribution in [0.3, 0.4) is 0 Å². The van der Waals surface area contributed by atoms with Crippen molar-refractivity contribution < 1.29 is 13.2 Å². The van der Waals surface area contributed by atoms with Crippen molar-refractivity contribution in [1.82, 2.24) is 4.31 Å². The average molecular weight is 317 g/mol. The Labute approximate surface area is 131 Å². The Bertz CT molecular complexity index is 726. The lowest BCUT2D eigenvalue weighted by molar-refractivity contribution is 0.0691. The molecule has 0 N–H and O–H groups in total. The number of nitrogens with zero attached hydrogens (tertiary/aromatic N) is 1. The number of rotatable bonds is 4. The number of hydrogen-bond acceptors (Lipinski definition) is 3. The van der Waals surface area contributed by atoms with Gasteiger partial charge in [0, 0.05) is 13.0 Å². The third kappa shape index (κ3) is 3.06. The summed E-state index contributed by atoms with van der Waals surface area (Å²) in [6.45, 7) is 2.77. The number of ether oxygens (including phenoxy) is 1. The number of aryl methyl sites for hydroxylation is 1. The molecule has 3 rings (SSSR count). The molecule has 116 valence electrons. The first-order valence-electron chi connectivity index (χ1n) is 7.31. The Morgan fingerprint density at radius 1 is 1.09 bits per heavy atom. The monoisotopic (exact) mass is 317 g/mol. The second-order valence-electron chi connectivity index (χ2n) is 5.44. The molecule has 5 heteroatoms. The summed E-state index contributed by atoms with van der Waals surface area (Å²) in [6, 6.07) is 16.7. The highest BCUT2D eigenvalue weighted by Crippen LogP contribution is 2.24. The predicted octanol–water partition coefficient (Wildman–Crippen LogP) is 2.58. The minimum Gasteiger partial charge on any atom is -0.360 e. The summed E-state index contributed by atoms with van der Waals surface area (Å²) < 4.78 is 32.7. The molecule has 0 bridgehead atoms. The van der Waals surface area contributed by atoms with Crippen LogP contribution in [0.5, 0.6) is 0 Å². The van der Waals surface area contributed by atoms with Gasteiger partial charge in [0.15, 0.2) is 0 Å². The highest BCUT2D eigenvalue weighted by molar-refractivity contribution is 7.89. The van der Waals surface area contributed by atoms with Crippen LogP contribution in [0.25, 0.3) is 0 Å². The summed E-state index contributed by atoms with van der Waals surface area (Å²) in [5, 5.41) is 0. The van der Waals surface area contributed by atoms with E-state index in [0.29, 0.717) is 24.5 Å². The van der Waals surface area contributed by atoms with E-state index in [1.165, 1.54) is 4.31 Å². The van der Waals surface area contributed by atoms with E-state index in [0.717, 1.165) is 11.1 Å². The summed E-state index contributed by atoms with van der Waals surface area (Å²) in [5.41, 5.74) is 2.11. The number of benzene rings is 2. The number of sulfonamides is 1. The highest BCUT2D eigenvalue weighted by Gasteiger charge is 2.36. The molecule has 0 aromatic heterocycles. The van der Waals surface area contributed by atoms with Crippen molar-refractivity contribution in [1.29, 1.82) is 0 Å². The van der Waals surface area contributed by atoms with Gasteiger partial charge in [-0.3, -0.25) is 0 Å². The second kappa shape index (κ2) is 6.20. The molecule has 0 unspecified atom stereocenters. The summed E-state index contributed by atoms with van der Waals surface area (Å²) in [4.78, 5) is 0.321. The Morgan fingerprint density at radius 3 is 2.45 bits per heavy atom. The fourth-order valence-corrected chi connectivity index (χ4v) is 4.11. The molecule has 1 atom stereocenters. The van der Waals surface area contributed by atoms with E-state index in [1.807, 2.05) is 49.4 Å². The summed E-state index contributed by atoms with van der Waals surface area (Å²) >= 11 is 0. The third-order valence-corrected chi connectivity index (χ3v) is 5.73. The van der Waals surface area contributed by atoms with Crippen molar-refractivity contribution in [3.63, 3.8) is 0 Å². The normalized spacial score (nSPS) is 19.4. The van der Waals surface area contributed by atoms with Gasteiger partial charge in [0.1, 0.15) is 6.23 Å². The van der Waals surface area contributed by atoms with Gasteiger partial charge in [-0.2, -0.15) is 4.31 Å². The molecule has 1 aliphatic heterocycles. The van der Waals surface area contributed by atoms with E-state index >= 15 is 0 Å². The zero-order chi connectivity index (χ0) is 15.6. The van der Waals surface area contributed by atoms with Crippen LogP contribution in [0.1, 0.15) is 11.1 Å². The highest BCUT2D eigenvalue weighted by atomic mass is 32.2. The van der Waals surface area contributed by atoms with E-state index in [9.17, 15) is 8.42 Å². The van der Waals surface area contributed by atoms with Gasteiger partial charge in [0.05, 0.1) is 11.5 Å². The third-order valence-electron chi connectivity index (χ3n) is 3.82. The first-order valence-corrected chi connectivity index (χ1v) is 8.75. The van der Waals surface area contributed by atoms with E-state index in [-0.39, 0.29) is 0 Å². The first kappa shape index (κ1) is 15.2. The molecular weight excluding hydrogens is 298 g/mol. The van der Waals surface area contributed by atoms with Crippen LogP contribution < -0.4 is 0 Å². The van der Waals surface area contributed by atoms with E-state index in [1.54, 1.807) is 12.1 Å². The maximum atomic E-state index is 12.8. The smallest absolute Gasteiger partial charge is 0.245 e. The van der Waals surface area contributed by atoms with Crippen LogP contribution >= 0.6 is 0 Å². The molecule has 1 fully saturated rings. The van der Waals surface area contributed by atoms with Crippen molar-refractivity contribution in [2.45, 2.75) is 24.5 Å². The Kier molecular flexibility index (Phi) is 4.29. The molecule has 2 aromatic carbocycles. The van der Waals surface area contributed by atoms with Crippen LogP contribution in [0.4, 0.5) is 0 Å². The maximum Gasteiger partial charge on any atom is 0.245 e. The van der Waals surface area contributed by atoms with Crippen molar-refractivity contribution in [2.75, 3.05) is 13.2 Å². The van der Waals surface area contributed by atoms with Crippen LogP contribution in [-0.2, 0) is 21.2 Å². The van der Waals surface area contributed by atoms with Gasteiger partial charge in [-0.15, -0.1) is 0 Å². The van der Waals surface area contributed by atoms with Crippen LogP contribution in [-0.4, -0.2) is 32.1 Å². The average Bonchev–Trinajstić information content (AvgIpc) is 2.98. The predicted molar refractivity (Wildman–Crippen MR) is 85.0 cm³/mol. The van der Waals surface area contributed by atoms with Gasteiger partial charge in [0.25, 0.3) is 0 Å². The second-order valence-corrected chi connectivity index (χ2v) is 7.33. The minimum absolute atomic E-state index is 0.321. The van der Waals surface area contributed by atoms with E-state index < -0.39 is 16.3 Å². The molecule has 0 spiro atoms. The van der Waals surface area contributed by atoms with E-state index in [2.05, 4.69) is 0 Å². The van der Waals surface area contributed by atoms with Crippen molar-refractivity contribution in [2.24, 2.45) is 0 Å².